The fourth-order valence-electron chi connectivity index (χ4n) is 4.53. The van der Waals surface area contributed by atoms with Crippen molar-refractivity contribution in [1.29, 1.82) is 0 Å². The number of carbonyl (C=O) groups is 2. The van der Waals surface area contributed by atoms with Gasteiger partial charge in [-0.2, -0.15) is 0 Å². The molecule has 2 atom stereocenters. The lowest BCUT2D eigenvalue weighted by Gasteiger charge is -2.45. The summed E-state index contributed by atoms with van der Waals surface area (Å²) in [5.74, 6) is -0.580. The van der Waals surface area contributed by atoms with Gasteiger partial charge in [-0.1, -0.05) is 18.2 Å². The first kappa shape index (κ1) is 16.8. The number of hydrogen-bond donors (Lipinski definition) is 2. The number of nitrogens with one attached hydrogen (secondary N) is 1. The van der Waals surface area contributed by atoms with Gasteiger partial charge >= 0.3 is 5.97 Å². The van der Waals surface area contributed by atoms with E-state index < -0.39 is 11.9 Å². The number of rotatable bonds is 6. The lowest BCUT2D eigenvalue weighted by Crippen LogP contribution is -2.51. The second-order valence-corrected chi connectivity index (χ2v) is 6.92. The average Bonchev–Trinajstić information content (AvgIpc) is 2.62. The van der Waals surface area contributed by atoms with E-state index in [0.717, 1.165) is 37.0 Å². The number of carbonyl (C=O) groups excluding carboxylic acids is 1. The highest BCUT2D eigenvalue weighted by Gasteiger charge is 2.50. The molecular weight excluding hydrogens is 306 g/mol. The van der Waals surface area contributed by atoms with Gasteiger partial charge in [0, 0.05) is 6.54 Å². The molecule has 3 aliphatic rings. The van der Waals surface area contributed by atoms with Crippen LogP contribution in [0.1, 0.15) is 31.2 Å². The zero-order valence-electron chi connectivity index (χ0n) is 14.0. The second kappa shape index (κ2) is 7.24. The first-order valence-corrected chi connectivity index (χ1v) is 8.74. The highest BCUT2D eigenvalue weighted by molar-refractivity contribution is 5.85. The summed E-state index contributed by atoms with van der Waals surface area (Å²) in [6, 6.07) is 7.74. The summed E-state index contributed by atoms with van der Waals surface area (Å²) in [4.78, 5) is 24.3. The van der Waals surface area contributed by atoms with Gasteiger partial charge in [0.15, 0.2) is 0 Å². The Bertz CT molecular complexity index is 607. The Hall–Kier alpha value is -2.04. The molecule has 5 nitrogen and oxygen atoms in total. The summed E-state index contributed by atoms with van der Waals surface area (Å²) in [5, 5.41) is 12.5. The highest BCUT2D eigenvalue weighted by atomic mass is 16.5. The van der Waals surface area contributed by atoms with Crippen molar-refractivity contribution in [2.75, 3.05) is 13.7 Å². The molecule has 0 aromatic heterocycles. The standard InChI is InChI=1S/C19H25NO4/c1-24-15-5-3-2-4-12(15)10-11-20-18(21)16-13-6-8-14(9-7-13)17(16)19(22)23/h2-5,13-14,16-17H,6-11H2,1H3,(H,20,21)(H,22,23)/t13?,14?,16-,17-/m0/s1. The Kier molecular flexibility index (Phi) is 5.07. The minimum Gasteiger partial charge on any atom is -0.496 e. The SMILES string of the molecule is COc1ccccc1CCNC(=O)[C@H]1C2CCC(CC2)[C@@H]1C(=O)O. The summed E-state index contributed by atoms with van der Waals surface area (Å²) in [6.45, 7) is 0.499. The van der Waals surface area contributed by atoms with Gasteiger partial charge < -0.3 is 15.2 Å². The largest absolute Gasteiger partial charge is 0.496 e. The third kappa shape index (κ3) is 3.25. The van der Waals surface area contributed by atoms with Crippen LogP contribution in [-0.2, 0) is 16.0 Å². The van der Waals surface area contributed by atoms with Gasteiger partial charge in [-0.3, -0.25) is 9.59 Å². The van der Waals surface area contributed by atoms with Crippen LogP contribution in [0.3, 0.4) is 0 Å². The molecule has 0 unspecified atom stereocenters. The van der Waals surface area contributed by atoms with E-state index in [1.165, 1.54) is 0 Å². The number of carboxylic acid groups (broad SMARTS) is 1. The van der Waals surface area contributed by atoms with Crippen LogP contribution in [0, 0.1) is 23.7 Å². The summed E-state index contributed by atoms with van der Waals surface area (Å²) < 4.78 is 5.32. The van der Waals surface area contributed by atoms with Gasteiger partial charge in [0.05, 0.1) is 18.9 Å². The summed E-state index contributed by atoms with van der Waals surface area (Å²) >= 11 is 0. The molecule has 2 N–H and O–H groups in total. The number of aliphatic carboxylic acids is 1. The predicted molar refractivity (Wildman–Crippen MR) is 89.8 cm³/mol. The highest BCUT2D eigenvalue weighted by Crippen LogP contribution is 2.49. The van der Waals surface area contributed by atoms with E-state index in [2.05, 4.69) is 5.32 Å². The molecule has 0 radical (unpaired) electrons. The first-order valence-electron chi connectivity index (χ1n) is 8.74. The predicted octanol–water partition coefficient (Wildman–Crippen LogP) is 2.49. The molecule has 0 aliphatic heterocycles. The van der Waals surface area contributed by atoms with Crippen molar-refractivity contribution in [2.45, 2.75) is 32.1 Å². The molecule has 5 heteroatoms. The minimum atomic E-state index is -0.811. The molecule has 1 aromatic rings. The number of amides is 1. The fourth-order valence-corrected chi connectivity index (χ4v) is 4.53. The van der Waals surface area contributed by atoms with Crippen molar-refractivity contribution in [2.24, 2.45) is 23.7 Å². The summed E-state index contributed by atoms with van der Waals surface area (Å²) in [7, 11) is 1.63. The molecule has 1 amide bonds. The first-order chi connectivity index (χ1) is 11.6. The van der Waals surface area contributed by atoms with Gasteiger partial charge in [-0.25, -0.2) is 0 Å². The molecule has 0 heterocycles. The number of fused-ring (bicyclic) bond motifs is 3. The van der Waals surface area contributed by atoms with Gasteiger partial charge in [0.2, 0.25) is 5.91 Å². The van der Waals surface area contributed by atoms with Crippen LogP contribution >= 0.6 is 0 Å². The number of ether oxygens (including phenoxy) is 1. The minimum absolute atomic E-state index is 0.0910. The lowest BCUT2D eigenvalue weighted by molar-refractivity contribution is -0.158. The van der Waals surface area contributed by atoms with Gasteiger partial charge in [0.1, 0.15) is 5.75 Å². The Morgan fingerprint density at radius 2 is 1.75 bits per heavy atom. The molecule has 130 valence electrons. The molecule has 24 heavy (non-hydrogen) atoms. The zero-order valence-corrected chi connectivity index (χ0v) is 14.0. The van der Waals surface area contributed by atoms with E-state index in [1.54, 1.807) is 7.11 Å². The molecule has 0 spiro atoms. The van der Waals surface area contributed by atoms with Gasteiger partial charge in [-0.15, -0.1) is 0 Å². The van der Waals surface area contributed by atoms with Crippen molar-refractivity contribution >= 4 is 11.9 Å². The van der Waals surface area contributed by atoms with Crippen LogP contribution in [0.25, 0.3) is 0 Å². The van der Waals surface area contributed by atoms with Crippen molar-refractivity contribution in [3.05, 3.63) is 29.8 Å². The van der Waals surface area contributed by atoms with E-state index >= 15 is 0 Å². The van der Waals surface area contributed by atoms with Gasteiger partial charge in [0.25, 0.3) is 0 Å². The summed E-state index contributed by atoms with van der Waals surface area (Å²) in [6.07, 6.45) is 4.55. The average molecular weight is 331 g/mol. The topological polar surface area (TPSA) is 75.6 Å². The van der Waals surface area contributed by atoms with Crippen molar-refractivity contribution < 1.29 is 19.4 Å². The van der Waals surface area contributed by atoms with E-state index in [0.29, 0.717) is 13.0 Å². The smallest absolute Gasteiger partial charge is 0.307 e. The number of para-hydroxylation sites is 1. The maximum atomic E-state index is 12.6. The number of methoxy groups -OCH3 is 1. The molecule has 3 saturated carbocycles. The molecular formula is C19H25NO4. The number of carboxylic acids is 1. The van der Waals surface area contributed by atoms with E-state index in [4.69, 9.17) is 4.74 Å². The fraction of sp³-hybridized carbons (Fsp3) is 0.579. The molecule has 1 aromatic carbocycles. The Labute approximate surface area is 142 Å². The molecule has 3 aliphatic carbocycles. The monoisotopic (exact) mass is 331 g/mol. The number of hydrogen-bond acceptors (Lipinski definition) is 3. The van der Waals surface area contributed by atoms with Crippen molar-refractivity contribution in [3.63, 3.8) is 0 Å². The van der Waals surface area contributed by atoms with Crippen LogP contribution in [0.2, 0.25) is 0 Å². The second-order valence-electron chi connectivity index (χ2n) is 6.92. The van der Waals surface area contributed by atoms with E-state index in [9.17, 15) is 14.7 Å². The molecule has 3 fully saturated rings. The maximum Gasteiger partial charge on any atom is 0.307 e. The van der Waals surface area contributed by atoms with Crippen molar-refractivity contribution in [1.82, 2.24) is 5.32 Å². The van der Waals surface area contributed by atoms with Crippen LogP contribution in [0.4, 0.5) is 0 Å². The quantitative estimate of drug-likeness (QED) is 0.840. The molecule has 0 saturated heterocycles. The van der Waals surface area contributed by atoms with Gasteiger partial charge in [-0.05, 0) is 55.6 Å². The summed E-state index contributed by atoms with van der Waals surface area (Å²) in [5.41, 5.74) is 1.04. The number of benzene rings is 1. The Balaban J connectivity index is 1.61. The van der Waals surface area contributed by atoms with Crippen LogP contribution in [0.15, 0.2) is 24.3 Å². The molecule has 2 bridgehead atoms. The van der Waals surface area contributed by atoms with Crippen LogP contribution < -0.4 is 10.1 Å². The maximum absolute atomic E-state index is 12.6. The molecule has 4 rings (SSSR count). The lowest BCUT2D eigenvalue weighted by atomic mass is 9.58. The third-order valence-electron chi connectivity index (χ3n) is 5.69. The Morgan fingerprint density at radius 3 is 2.38 bits per heavy atom. The van der Waals surface area contributed by atoms with Crippen LogP contribution in [0.5, 0.6) is 5.75 Å². The van der Waals surface area contributed by atoms with E-state index in [1.807, 2.05) is 24.3 Å². The zero-order chi connectivity index (χ0) is 17.1. The normalized spacial score (nSPS) is 28.4. The third-order valence-corrected chi connectivity index (χ3v) is 5.69. The van der Waals surface area contributed by atoms with E-state index in [-0.39, 0.29) is 23.7 Å². The Morgan fingerprint density at radius 1 is 1.12 bits per heavy atom. The van der Waals surface area contributed by atoms with Crippen molar-refractivity contribution in [3.8, 4) is 5.75 Å². The van der Waals surface area contributed by atoms with Crippen LogP contribution in [-0.4, -0.2) is 30.6 Å².